The van der Waals surface area contributed by atoms with Crippen LogP contribution in [0.15, 0.2) is 18.2 Å². The van der Waals surface area contributed by atoms with Gasteiger partial charge >= 0.3 is 0 Å². The summed E-state index contributed by atoms with van der Waals surface area (Å²) in [6, 6.07) is 4.25. The summed E-state index contributed by atoms with van der Waals surface area (Å²) in [5.41, 5.74) is 0.603. The highest BCUT2D eigenvalue weighted by Gasteiger charge is 2.31. The lowest BCUT2D eigenvalue weighted by Crippen LogP contribution is -2.24. The molecule has 1 atom stereocenters. The Hall–Kier alpha value is -1.07. The summed E-state index contributed by atoms with van der Waals surface area (Å²) >= 11 is 6.95. The van der Waals surface area contributed by atoms with E-state index in [1.807, 2.05) is 0 Å². The van der Waals surface area contributed by atoms with Gasteiger partial charge in [-0.25, -0.2) is 4.39 Å². The van der Waals surface area contributed by atoms with Gasteiger partial charge in [-0.3, -0.25) is 9.59 Å². The van der Waals surface area contributed by atoms with E-state index in [-0.39, 0.29) is 22.0 Å². The Bertz CT molecular complexity index is 523. The molecule has 1 aliphatic heterocycles. The molecule has 0 radical (unpaired) electrons. The second kappa shape index (κ2) is 5.92. The molecular formula is C13H13ClFNO2S. The quantitative estimate of drug-likeness (QED) is 0.861. The highest BCUT2D eigenvalue weighted by Crippen LogP contribution is 2.29. The largest absolute Gasteiger partial charge is 0.312 e. The molecule has 102 valence electrons. The number of hydrogen-bond acceptors (Lipinski definition) is 3. The minimum atomic E-state index is -0.499. The molecule has 0 bridgehead atoms. The molecular weight excluding hydrogens is 289 g/mol. The SMILES string of the molecule is CC(=O)SCC1CC(=O)N(c2ccc(F)c(Cl)c2)C1. The van der Waals surface area contributed by atoms with Crippen LogP contribution in [0, 0.1) is 11.7 Å². The van der Waals surface area contributed by atoms with Crippen LogP contribution in [0.3, 0.4) is 0 Å². The maximum Gasteiger partial charge on any atom is 0.227 e. The number of anilines is 1. The van der Waals surface area contributed by atoms with Crippen molar-refractivity contribution < 1.29 is 14.0 Å². The number of benzene rings is 1. The predicted octanol–water partition coefficient (Wildman–Crippen LogP) is 3.11. The molecule has 1 unspecified atom stereocenters. The van der Waals surface area contributed by atoms with Crippen LogP contribution in [-0.2, 0) is 9.59 Å². The lowest BCUT2D eigenvalue weighted by atomic mass is 10.1. The monoisotopic (exact) mass is 301 g/mol. The molecule has 1 aromatic carbocycles. The van der Waals surface area contributed by atoms with Gasteiger partial charge in [-0.05, 0) is 24.1 Å². The second-order valence-electron chi connectivity index (χ2n) is 4.48. The fourth-order valence-corrected chi connectivity index (χ4v) is 2.90. The number of halogens is 2. The fourth-order valence-electron chi connectivity index (χ4n) is 2.03. The highest BCUT2D eigenvalue weighted by molar-refractivity contribution is 8.13. The Labute approximate surface area is 120 Å². The fraction of sp³-hybridized carbons (Fsp3) is 0.385. The molecule has 6 heteroatoms. The number of carbonyl (C=O) groups is 2. The molecule has 19 heavy (non-hydrogen) atoms. The molecule has 1 aromatic rings. The standard InChI is InChI=1S/C13H13ClFNO2S/c1-8(17)19-7-9-4-13(18)16(6-9)10-2-3-12(15)11(14)5-10/h2-3,5,9H,4,6-7H2,1H3. The predicted molar refractivity (Wildman–Crippen MR) is 75.0 cm³/mol. The summed E-state index contributed by atoms with van der Waals surface area (Å²) in [6.07, 6.45) is 0.412. The third-order valence-electron chi connectivity index (χ3n) is 2.94. The number of nitrogens with zero attached hydrogens (tertiary/aromatic N) is 1. The smallest absolute Gasteiger partial charge is 0.227 e. The van der Waals surface area contributed by atoms with Crippen molar-refractivity contribution in [3.05, 3.63) is 29.0 Å². The van der Waals surface area contributed by atoms with Gasteiger partial charge < -0.3 is 4.90 Å². The number of thioether (sulfide) groups is 1. The number of rotatable bonds is 3. The molecule has 2 rings (SSSR count). The first-order chi connectivity index (χ1) is 8.97. The Kier molecular flexibility index (Phi) is 4.47. The Morgan fingerprint density at radius 1 is 1.58 bits per heavy atom. The van der Waals surface area contributed by atoms with E-state index >= 15 is 0 Å². The molecule has 0 saturated carbocycles. The average molecular weight is 302 g/mol. The Morgan fingerprint density at radius 2 is 2.32 bits per heavy atom. The molecule has 0 aliphatic carbocycles. The van der Waals surface area contributed by atoms with Gasteiger partial charge in [0.05, 0.1) is 5.02 Å². The molecule has 0 aromatic heterocycles. The van der Waals surface area contributed by atoms with Gasteiger partial charge in [0, 0.05) is 31.3 Å². The van der Waals surface area contributed by atoms with E-state index in [1.54, 1.807) is 11.0 Å². The van der Waals surface area contributed by atoms with E-state index in [0.29, 0.717) is 24.4 Å². The van der Waals surface area contributed by atoms with Crippen LogP contribution in [0.2, 0.25) is 5.02 Å². The van der Waals surface area contributed by atoms with Crippen molar-refractivity contribution >= 4 is 40.1 Å². The molecule has 1 aliphatic rings. The number of carbonyl (C=O) groups excluding carboxylic acids is 2. The lowest BCUT2D eigenvalue weighted by molar-refractivity contribution is -0.117. The van der Waals surface area contributed by atoms with Gasteiger partial charge in [0.1, 0.15) is 5.82 Å². The van der Waals surface area contributed by atoms with Crippen LogP contribution in [0.5, 0.6) is 0 Å². The number of hydrogen-bond donors (Lipinski definition) is 0. The maximum atomic E-state index is 13.1. The third kappa shape index (κ3) is 3.48. The van der Waals surface area contributed by atoms with Crippen molar-refractivity contribution in [2.24, 2.45) is 5.92 Å². The van der Waals surface area contributed by atoms with Crippen LogP contribution in [0.4, 0.5) is 10.1 Å². The summed E-state index contributed by atoms with van der Waals surface area (Å²) in [4.78, 5) is 24.4. The molecule has 1 fully saturated rings. The zero-order valence-electron chi connectivity index (χ0n) is 10.4. The molecule has 1 amide bonds. The first-order valence-corrected chi connectivity index (χ1v) is 7.22. The van der Waals surface area contributed by atoms with Crippen molar-refractivity contribution in [2.75, 3.05) is 17.2 Å². The van der Waals surface area contributed by atoms with Crippen LogP contribution < -0.4 is 4.90 Å². The Morgan fingerprint density at radius 3 is 2.95 bits per heavy atom. The molecule has 0 N–H and O–H groups in total. The third-order valence-corrected chi connectivity index (χ3v) is 4.28. The summed E-state index contributed by atoms with van der Waals surface area (Å²) < 4.78 is 13.1. The van der Waals surface area contributed by atoms with Crippen LogP contribution in [-0.4, -0.2) is 23.3 Å². The first kappa shape index (κ1) is 14.3. The van der Waals surface area contributed by atoms with Crippen LogP contribution >= 0.6 is 23.4 Å². The summed E-state index contributed by atoms with van der Waals surface area (Å²) in [5.74, 6) is 0.259. The van der Waals surface area contributed by atoms with Crippen LogP contribution in [0.25, 0.3) is 0 Å². The lowest BCUT2D eigenvalue weighted by Gasteiger charge is -2.17. The second-order valence-corrected chi connectivity index (χ2v) is 6.08. The van der Waals surface area contributed by atoms with Crippen molar-refractivity contribution in [2.45, 2.75) is 13.3 Å². The molecule has 1 saturated heterocycles. The van der Waals surface area contributed by atoms with Crippen molar-refractivity contribution in [3.8, 4) is 0 Å². The molecule has 0 spiro atoms. The average Bonchev–Trinajstić information content (AvgIpc) is 2.72. The van der Waals surface area contributed by atoms with Gasteiger partial charge in [0.25, 0.3) is 0 Å². The van der Waals surface area contributed by atoms with Crippen LogP contribution in [0.1, 0.15) is 13.3 Å². The van der Waals surface area contributed by atoms with E-state index in [4.69, 9.17) is 11.6 Å². The van der Waals surface area contributed by atoms with E-state index in [1.165, 1.54) is 30.8 Å². The minimum Gasteiger partial charge on any atom is -0.312 e. The molecule has 1 heterocycles. The first-order valence-electron chi connectivity index (χ1n) is 5.86. The minimum absolute atomic E-state index is 0.00635. The number of amides is 1. The molecule has 3 nitrogen and oxygen atoms in total. The van der Waals surface area contributed by atoms with Crippen molar-refractivity contribution in [3.63, 3.8) is 0 Å². The van der Waals surface area contributed by atoms with Gasteiger partial charge in [-0.1, -0.05) is 23.4 Å². The van der Waals surface area contributed by atoms with Gasteiger partial charge in [0.2, 0.25) is 5.91 Å². The topological polar surface area (TPSA) is 37.4 Å². The van der Waals surface area contributed by atoms with E-state index in [2.05, 4.69) is 0 Å². The van der Waals surface area contributed by atoms with Gasteiger partial charge in [0.15, 0.2) is 5.12 Å². The summed E-state index contributed by atoms with van der Waals surface area (Å²) in [7, 11) is 0. The van der Waals surface area contributed by atoms with Gasteiger partial charge in [-0.15, -0.1) is 0 Å². The van der Waals surface area contributed by atoms with E-state index in [9.17, 15) is 14.0 Å². The van der Waals surface area contributed by atoms with E-state index < -0.39 is 5.82 Å². The van der Waals surface area contributed by atoms with Crippen molar-refractivity contribution in [1.29, 1.82) is 0 Å². The summed E-state index contributed by atoms with van der Waals surface area (Å²) in [5, 5.41) is 0.0580. The zero-order chi connectivity index (χ0) is 14.0. The van der Waals surface area contributed by atoms with E-state index in [0.717, 1.165) is 0 Å². The zero-order valence-corrected chi connectivity index (χ0v) is 11.9. The normalized spacial score (nSPS) is 19.0. The highest BCUT2D eigenvalue weighted by atomic mass is 35.5. The maximum absolute atomic E-state index is 13.1. The Balaban J connectivity index is 2.07. The van der Waals surface area contributed by atoms with Gasteiger partial charge in [-0.2, -0.15) is 0 Å². The summed E-state index contributed by atoms with van der Waals surface area (Å²) in [6.45, 7) is 2.06. The van der Waals surface area contributed by atoms with Crippen molar-refractivity contribution in [1.82, 2.24) is 0 Å².